The van der Waals surface area contributed by atoms with Crippen LogP contribution in [0.15, 0.2) is 55.0 Å². The van der Waals surface area contributed by atoms with E-state index >= 15 is 0 Å². The molecular weight excluding hydrogens is 393 g/mol. The standard InChI is InChI=1S/C21H21F3N6/c1-29-9-11-30(12-10-29)19-5-4-16(13-17(19)21(22,23)24)27-20-26-8-6-18(28-20)15-3-2-7-25-14-15/h2-8,13-14H,9-12H2,1H3,(H,26,27,28). The summed E-state index contributed by atoms with van der Waals surface area (Å²) in [6.07, 6.45) is 0.416. The van der Waals surface area contributed by atoms with Crippen molar-refractivity contribution in [1.82, 2.24) is 19.9 Å². The molecule has 1 aromatic carbocycles. The van der Waals surface area contributed by atoms with E-state index in [-0.39, 0.29) is 17.3 Å². The van der Waals surface area contributed by atoms with Crippen molar-refractivity contribution in [3.05, 3.63) is 60.6 Å². The predicted octanol–water partition coefficient (Wildman–Crippen LogP) is 4.05. The Labute approximate surface area is 172 Å². The number of nitrogens with zero attached hydrogens (tertiary/aromatic N) is 5. The maximum Gasteiger partial charge on any atom is 0.418 e. The Morgan fingerprint density at radius 2 is 1.80 bits per heavy atom. The molecular formula is C21H21F3N6. The van der Waals surface area contributed by atoms with Crippen LogP contribution >= 0.6 is 0 Å². The van der Waals surface area contributed by atoms with E-state index in [1.165, 1.54) is 6.07 Å². The van der Waals surface area contributed by atoms with E-state index in [0.29, 0.717) is 18.8 Å². The molecule has 0 aliphatic carbocycles. The first-order valence-electron chi connectivity index (χ1n) is 9.55. The first-order valence-corrected chi connectivity index (χ1v) is 9.55. The van der Waals surface area contributed by atoms with Gasteiger partial charge in [-0.25, -0.2) is 9.97 Å². The summed E-state index contributed by atoms with van der Waals surface area (Å²) in [5.74, 6) is 0.219. The maximum atomic E-state index is 13.8. The molecule has 0 radical (unpaired) electrons. The predicted molar refractivity (Wildman–Crippen MR) is 110 cm³/mol. The van der Waals surface area contributed by atoms with Gasteiger partial charge in [-0.05, 0) is 43.4 Å². The number of anilines is 3. The van der Waals surface area contributed by atoms with Gasteiger partial charge in [0.25, 0.3) is 0 Å². The molecule has 0 spiro atoms. The van der Waals surface area contributed by atoms with E-state index < -0.39 is 11.7 Å². The molecule has 9 heteroatoms. The molecule has 3 heterocycles. The summed E-state index contributed by atoms with van der Waals surface area (Å²) in [6.45, 7) is 2.57. The van der Waals surface area contributed by atoms with E-state index in [1.54, 1.807) is 41.7 Å². The number of nitrogens with one attached hydrogen (secondary N) is 1. The Kier molecular flexibility index (Phi) is 5.54. The van der Waals surface area contributed by atoms with Crippen LogP contribution in [0.2, 0.25) is 0 Å². The lowest BCUT2D eigenvalue weighted by Crippen LogP contribution is -2.45. The number of piperazine rings is 1. The Balaban J connectivity index is 1.61. The monoisotopic (exact) mass is 414 g/mol. The zero-order valence-electron chi connectivity index (χ0n) is 16.4. The summed E-state index contributed by atoms with van der Waals surface area (Å²) >= 11 is 0. The highest BCUT2D eigenvalue weighted by Gasteiger charge is 2.35. The number of benzene rings is 1. The minimum atomic E-state index is -4.46. The molecule has 0 unspecified atom stereocenters. The minimum Gasteiger partial charge on any atom is -0.368 e. The van der Waals surface area contributed by atoms with E-state index in [0.717, 1.165) is 24.7 Å². The summed E-state index contributed by atoms with van der Waals surface area (Å²) < 4.78 is 41.3. The quantitative estimate of drug-likeness (QED) is 0.695. The molecule has 0 amide bonds. The number of pyridine rings is 1. The summed E-state index contributed by atoms with van der Waals surface area (Å²) in [5.41, 5.74) is 1.24. The summed E-state index contributed by atoms with van der Waals surface area (Å²) in [5, 5.41) is 2.89. The van der Waals surface area contributed by atoms with Crippen LogP contribution in [0.5, 0.6) is 0 Å². The largest absolute Gasteiger partial charge is 0.418 e. The molecule has 1 aliphatic rings. The number of aromatic nitrogens is 3. The van der Waals surface area contributed by atoms with Crippen molar-refractivity contribution in [3.63, 3.8) is 0 Å². The molecule has 6 nitrogen and oxygen atoms in total. The third-order valence-corrected chi connectivity index (χ3v) is 5.01. The van der Waals surface area contributed by atoms with Gasteiger partial charge in [-0.15, -0.1) is 0 Å². The molecule has 4 rings (SSSR count). The minimum absolute atomic E-state index is 0.200. The fourth-order valence-electron chi connectivity index (χ4n) is 3.39. The smallest absolute Gasteiger partial charge is 0.368 e. The average Bonchev–Trinajstić information content (AvgIpc) is 2.75. The first-order chi connectivity index (χ1) is 14.4. The van der Waals surface area contributed by atoms with Gasteiger partial charge >= 0.3 is 6.18 Å². The van der Waals surface area contributed by atoms with Crippen molar-refractivity contribution in [2.45, 2.75) is 6.18 Å². The molecule has 30 heavy (non-hydrogen) atoms. The summed E-state index contributed by atoms with van der Waals surface area (Å²) in [6, 6.07) is 9.63. The highest BCUT2D eigenvalue weighted by Crippen LogP contribution is 2.39. The zero-order chi connectivity index (χ0) is 21.1. The third kappa shape index (κ3) is 4.51. The van der Waals surface area contributed by atoms with Crippen molar-refractivity contribution in [2.24, 2.45) is 0 Å². The third-order valence-electron chi connectivity index (χ3n) is 5.01. The van der Waals surface area contributed by atoms with Gasteiger partial charge in [-0.3, -0.25) is 4.98 Å². The van der Waals surface area contributed by atoms with Crippen molar-refractivity contribution >= 4 is 17.3 Å². The van der Waals surface area contributed by atoms with Gasteiger partial charge in [0, 0.05) is 61.7 Å². The van der Waals surface area contributed by atoms with Crippen LogP contribution in [0.3, 0.4) is 0 Å². The van der Waals surface area contributed by atoms with Crippen LogP contribution < -0.4 is 10.2 Å². The van der Waals surface area contributed by atoms with Gasteiger partial charge < -0.3 is 15.1 Å². The van der Waals surface area contributed by atoms with Crippen LogP contribution in [-0.2, 0) is 6.18 Å². The number of halogens is 3. The fraction of sp³-hybridized carbons (Fsp3) is 0.286. The van der Waals surface area contributed by atoms with Crippen LogP contribution in [0.1, 0.15) is 5.56 Å². The average molecular weight is 414 g/mol. The van der Waals surface area contributed by atoms with Crippen LogP contribution in [0.25, 0.3) is 11.3 Å². The lowest BCUT2D eigenvalue weighted by Gasteiger charge is -2.35. The Hall–Kier alpha value is -3.20. The fourth-order valence-corrected chi connectivity index (χ4v) is 3.39. The molecule has 156 valence electrons. The number of likely N-dealkylation sites (N-methyl/N-ethyl adjacent to an activating group) is 1. The van der Waals surface area contributed by atoms with Gasteiger partial charge in [-0.1, -0.05) is 0 Å². The van der Waals surface area contributed by atoms with E-state index in [4.69, 9.17) is 0 Å². The number of alkyl halides is 3. The molecule has 1 fully saturated rings. The van der Waals surface area contributed by atoms with Crippen LogP contribution in [0, 0.1) is 0 Å². The second-order valence-corrected chi connectivity index (χ2v) is 7.15. The first kappa shape index (κ1) is 20.1. The molecule has 1 N–H and O–H groups in total. The molecule has 3 aromatic rings. The second-order valence-electron chi connectivity index (χ2n) is 7.15. The van der Waals surface area contributed by atoms with E-state index in [9.17, 15) is 13.2 Å². The Morgan fingerprint density at radius 3 is 2.50 bits per heavy atom. The summed E-state index contributed by atoms with van der Waals surface area (Å²) in [7, 11) is 1.97. The molecule has 1 aliphatic heterocycles. The Morgan fingerprint density at radius 1 is 1.00 bits per heavy atom. The Bertz CT molecular complexity index is 1000. The number of rotatable bonds is 4. The lowest BCUT2D eigenvalue weighted by molar-refractivity contribution is -0.137. The molecule has 2 aromatic heterocycles. The summed E-state index contributed by atoms with van der Waals surface area (Å²) in [4.78, 5) is 16.5. The lowest BCUT2D eigenvalue weighted by atomic mass is 10.1. The van der Waals surface area contributed by atoms with E-state index in [2.05, 4.69) is 25.2 Å². The van der Waals surface area contributed by atoms with Crippen LogP contribution in [-0.4, -0.2) is 53.1 Å². The highest BCUT2D eigenvalue weighted by molar-refractivity contribution is 5.66. The normalized spacial score (nSPS) is 15.3. The second kappa shape index (κ2) is 8.27. The van der Waals surface area contributed by atoms with Gasteiger partial charge in [-0.2, -0.15) is 13.2 Å². The van der Waals surface area contributed by atoms with Crippen LogP contribution in [0.4, 0.5) is 30.5 Å². The van der Waals surface area contributed by atoms with Gasteiger partial charge in [0.2, 0.25) is 5.95 Å². The van der Waals surface area contributed by atoms with E-state index in [1.807, 2.05) is 13.1 Å². The molecule has 1 saturated heterocycles. The van der Waals surface area contributed by atoms with Crippen molar-refractivity contribution in [1.29, 1.82) is 0 Å². The highest BCUT2D eigenvalue weighted by atomic mass is 19.4. The topological polar surface area (TPSA) is 57.2 Å². The van der Waals surface area contributed by atoms with Crippen molar-refractivity contribution in [3.8, 4) is 11.3 Å². The molecule has 0 saturated carbocycles. The van der Waals surface area contributed by atoms with Crippen molar-refractivity contribution < 1.29 is 13.2 Å². The van der Waals surface area contributed by atoms with Gasteiger partial charge in [0.05, 0.1) is 11.3 Å². The van der Waals surface area contributed by atoms with Crippen molar-refractivity contribution in [2.75, 3.05) is 43.4 Å². The number of hydrogen-bond donors (Lipinski definition) is 1. The molecule has 0 atom stereocenters. The van der Waals surface area contributed by atoms with Gasteiger partial charge in [0.15, 0.2) is 0 Å². The maximum absolute atomic E-state index is 13.8. The SMILES string of the molecule is CN1CCN(c2ccc(Nc3nccc(-c4cccnc4)n3)cc2C(F)(F)F)CC1. The zero-order valence-corrected chi connectivity index (χ0v) is 16.4. The number of hydrogen-bond acceptors (Lipinski definition) is 6. The molecule has 0 bridgehead atoms. The van der Waals surface area contributed by atoms with Gasteiger partial charge in [0.1, 0.15) is 0 Å².